The highest BCUT2D eigenvalue weighted by Crippen LogP contribution is 2.34. The molecule has 20 heavy (non-hydrogen) atoms. The molecule has 0 amide bonds. The van der Waals surface area contributed by atoms with Crippen LogP contribution in [0.4, 0.5) is 0 Å². The monoisotopic (exact) mass is 341 g/mol. The first-order valence-electron chi connectivity index (χ1n) is 6.88. The van der Waals surface area contributed by atoms with Crippen LogP contribution in [-0.2, 0) is 4.79 Å². The van der Waals surface area contributed by atoms with Crippen LogP contribution in [-0.4, -0.2) is 23.7 Å². The Hall–Kier alpha value is -1.07. The minimum Gasteiger partial charge on any atom is -0.493 e. The van der Waals surface area contributed by atoms with Crippen molar-refractivity contribution in [1.29, 1.82) is 0 Å². The second-order valence-corrected chi connectivity index (χ2v) is 6.47. The Kier molecular flexibility index (Phi) is 5.05. The molecule has 0 saturated heterocycles. The molecule has 1 aliphatic rings. The Morgan fingerprint density at radius 1 is 1.55 bits per heavy atom. The lowest BCUT2D eigenvalue weighted by Crippen LogP contribution is -2.41. The first-order chi connectivity index (χ1) is 9.47. The summed E-state index contributed by atoms with van der Waals surface area (Å²) < 4.78 is 6.60. The van der Waals surface area contributed by atoms with Crippen LogP contribution < -0.4 is 10.1 Å². The molecular formula is C15H20BrNO3. The Balaban J connectivity index is 2.17. The smallest absolute Gasteiger partial charge is 0.320 e. The maximum Gasteiger partial charge on any atom is 0.320 e. The number of hydrogen-bond donors (Lipinski definition) is 2. The van der Waals surface area contributed by atoms with Crippen molar-refractivity contribution in [2.75, 3.05) is 6.61 Å². The van der Waals surface area contributed by atoms with Gasteiger partial charge in [0.25, 0.3) is 0 Å². The molecule has 2 rings (SSSR count). The summed E-state index contributed by atoms with van der Waals surface area (Å²) in [6, 6.07) is 5.36. The number of halogens is 1. The Bertz CT molecular complexity index is 490. The molecule has 0 spiro atoms. The summed E-state index contributed by atoms with van der Waals surface area (Å²) in [5, 5.41) is 12.6. The fraction of sp³-hybridized carbons (Fsp3) is 0.533. The van der Waals surface area contributed by atoms with Crippen LogP contribution in [0, 0.1) is 5.92 Å². The number of aliphatic carboxylic acids is 1. The van der Waals surface area contributed by atoms with E-state index in [1.165, 1.54) is 0 Å². The summed E-state index contributed by atoms with van der Waals surface area (Å²) in [7, 11) is 0. The quantitative estimate of drug-likeness (QED) is 0.862. The molecule has 1 aromatic carbocycles. The van der Waals surface area contributed by atoms with E-state index in [-0.39, 0.29) is 6.04 Å². The number of fused-ring (bicyclic) bond motifs is 1. The maximum atomic E-state index is 11.4. The molecule has 4 nitrogen and oxygen atoms in total. The largest absolute Gasteiger partial charge is 0.493 e. The van der Waals surface area contributed by atoms with Crippen LogP contribution in [0.5, 0.6) is 5.75 Å². The Morgan fingerprint density at radius 2 is 2.30 bits per heavy atom. The van der Waals surface area contributed by atoms with Gasteiger partial charge in [0.05, 0.1) is 6.61 Å². The standard InChI is InChI=1S/C15H20BrNO3/c1-9(2)7-13(15(18)19)17-12-5-6-20-14-4-3-10(16)8-11(12)14/h3-4,8-9,12-13,17H,5-7H2,1-2H3,(H,18,19). The zero-order valence-electron chi connectivity index (χ0n) is 11.7. The van der Waals surface area contributed by atoms with Gasteiger partial charge < -0.3 is 9.84 Å². The van der Waals surface area contributed by atoms with E-state index in [0.717, 1.165) is 22.2 Å². The lowest BCUT2D eigenvalue weighted by atomic mass is 9.97. The summed E-state index contributed by atoms with van der Waals surface area (Å²) in [5.41, 5.74) is 1.03. The number of benzene rings is 1. The third-order valence-corrected chi connectivity index (χ3v) is 3.91. The van der Waals surface area contributed by atoms with Gasteiger partial charge in [0, 0.05) is 22.5 Å². The predicted molar refractivity (Wildman–Crippen MR) is 81.0 cm³/mol. The minimum absolute atomic E-state index is 0.0242. The highest BCUT2D eigenvalue weighted by molar-refractivity contribution is 9.10. The first-order valence-corrected chi connectivity index (χ1v) is 7.67. The van der Waals surface area contributed by atoms with Crippen LogP contribution in [0.1, 0.15) is 38.3 Å². The normalized spacial score (nSPS) is 19.3. The minimum atomic E-state index is -0.790. The maximum absolute atomic E-state index is 11.4. The topological polar surface area (TPSA) is 58.6 Å². The zero-order valence-corrected chi connectivity index (χ0v) is 13.3. The predicted octanol–water partition coefficient (Wildman–Crippen LogP) is 3.36. The summed E-state index contributed by atoms with van der Waals surface area (Å²) in [4.78, 5) is 11.4. The van der Waals surface area contributed by atoms with Gasteiger partial charge in [-0.25, -0.2) is 0 Å². The number of hydrogen-bond acceptors (Lipinski definition) is 3. The number of carboxylic acids is 1. The van der Waals surface area contributed by atoms with E-state index in [1.807, 2.05) is 32.0 Å². The summed E-state index contributed by atoms with van der Waals surface area (Å²) in [6.07, 6.45) is 1.40. The van der Waals surface area contributed by atoms with E-state index in [0.29, 0.717) is 18.9 Å². The molecule has 2 atom stereocenters. The van der Waals surface area contributed by atoms with Crippen LogP contribution in [0.15, 0.2) is 22.7 Å². The van der Waals surface area contributed by atoms with E-state index < -0.39 is 12.0 Å². The Labute approximate surface area is 127 Å². The van der Waals surface area contributed by atoms with E-state index >= 15 is 0 Å². The number of carboxylic acid groups (broad SMARTS) is 1. The van der Waals surface area contributed by atoms with Gasteiger partial charge in [0.15, 0.2) is 0 Å². The molecule has 0 radical (unpaired) electrons. The fourth-order valence-corrected chi connectivity index (χ4v) is 2.87. The SMILES string of the molecule is CC(C)CC(NC1CCOc2ccc(Br)cc21)C(=O)O. The summed E-state index contributed by atoms with van der Waals surface area (Å²) >= 11 is 3.45. The van der Waals surface area contributed by atoms with Gasteiger partial charge in [-0.05, 0) is 30.5 Å². The molecule has 0 bridgehead atoms. The summed E-state index contributed by atoms with van der Waals surface area (Å²) in [5.74, 6) is 0.387. The Morgan fingerprint density at radius 3 is 2.95 bits per heavy atom. The van der Waals surface area contributed by atoms with Crippen molar-refractivity contribution < 1.29 is 14.6 Å². The second-order valence-electron chi connectivity index (χ2n) is 5.56. The lowest BCUT2D eigenvalue weighted by molar-refractivity contribution is -0.140. The van der Waals surface area contributed by atoms with E-state index in [9.17, 15) is 9.90 Å². The molecule has 1 heterocycles. The van der Waals surface area contributed by atoms with Crippen molar-refractivity contribution in [3.05, 3.63) is 28.2 Å². The van der Waals surface area contributed by atoms with Gasteiger partial charge in [-0.3, -0.25) is 10.1 Å². The average Bonchev–Trinajstić information content (AvgIpc) is 2.38. The molecule has 2 unspecified atom stereocenters. The molecule has 0 saturated carbocycles. The fourth-order valence-electron chi connectivity index (χ4n) is 2.49. The number of rotatable bonds is 5. The van der Waals surface area contributed by atoms with Crippen molar-refractivity contribution in [2.45, 2.75) is 38.8 Å². The van der Waals surface area contributed by atoms with Gasteiger partial charge in [0.1, 0.15) is 11.8 Å². The molecular weight excluding hydrogens is 322 g/mol. The molecule has 1 aromatic rings. The van der Waals surface area contributed by atoms with Crippen molar-refractivity contribution in [3.8, 4) is 5.75 Å². The molecule has 1 aliphatic heterocycles. The first kappa shape index (κ1) is 15.3. The third kappa shape index (κ3) is 3.73. The highest BCUT2D eigenvalue weighted by Gasteiger charge is 2.27. The van der Waals surface area contributed by atoms with Crippen LogP contribution in [0.3, 0.4) is 0 Å². The van der Waals surface area contributed by atoms with Crippen molar-refractivity contribution >= 4 is 21.9 Å². The number of ether oxygens (including phenoxy) is 1. The third-order valence-electron chi connectivity index (χ3n) is 3.42. The lowest BCUT2D eigenvalue weighted by Gasteiger charge is -2.30. The van der Waals surface area contributed by atoms with Crippen LogP contribution in [0.2, 0.25) is 0 Å². The van der Waals surface area contributed by atoms with Crippen molar-refractivity contribution in [2.24, 2.45) is 5.92 Å². The number of nitrogens with one attached hydrogen (secondary N) is 1. The molecule has 2 N–H and O–H groups in total. The molecule has 0 aromatic heterocycles. The second kappa shape index (κ2) is 6.59. The van der Waals surface area contributed by atoms with E-state index in [4.69, 9.17) is 4.74 Å². The van der Waals surface area contributed by atoms with Gasteiger partial charge in [-0.15, -0.1) is 0 Å². The molecule has 5 heteroatoms. The van der Waals surface area contributed by atoms with E-state index in [1.54, 1.807) is 0 Å². The van der Waals surface area contributed by atoms with Gasteiger partial charge in [0.2, 0.25) is 0 Å². The van der Waals surface area contributed by atoms with Gasteiger partial charge in [-0.1, -0.05) is 29.8 Å². The van der Waals surface area contributed by atoms with Crippen LogP contribution in [0.25, 0.3) is 0 Å². The summed E-state index contributed by atoms with van der Waals surface area (Å²) in [6.45, 7) is 4.68. The highest BCUT2D eigenvalue weighted by atomic mass is 79.9. The van der Waals surface area contributed by atoms with Gasteiger partial charge >= 0.3 is 5.97 Å². The molecule has 0 fully saturated rings. The van der Waals surface area contributed by atoms with Crippen molar-refractivity contribution in [3.63, 3.8) is 0 Å². The van der Waals surface area contributed by atoms with Crippen LogP contribution >= 0.6 is 15.9 Å². The number of carbonyl (C=O) groups is 1. The zero-order chi connectivity index (χ0) is 14.7. The molecule has 0 aliphatic carbocycles. The van der Waals surface area contributed by atoms with Crippen molar-refractivity contribution in [1.82, 2.24) is 5.32 Å². The van der Waals surface area contributed by atoms with E-state index in [2.05, 4.69) is 21.2 Å². The van der Waals surface area contributed by atoms with Gasteiger partial charge in [-0.2, -0.15) is 0 Å². The average molecular weight is 342 g/mol. The molecule has 110 valence electrons.